The second-order valence-electron chi connectivity index (χ2n) is 6.32. The second-order valence-corrected chi connectivity index (χ2v) is 9.49. The number of nitrogens with one attached hydrogen (secondary N) is 1. The van der Waals surface area contributed by atoms with Gasteiger partial charge in [-0.05, 0) is 30.3 Å². The molecule has 0 aliphatic carbocycles. The average molecular weight is 465 g/mol. The van der Waals surface area contributed by atoms with E-state index in [4.69, 9.17) is 11.6 Å². The number of rotatable bonds is 8. The summed E-state index contributed by atoms with van der Waals surface area (Å²) < 4.78 is 26.9. The smallest absolute Gasteiger partial charge is 0.244 e. The summed E-state index contributed by atoms with van der Waals surface area (Å²) in [5.74, 6) is -0.304. The van der Waals surface area contributed by atoms with Crippen molar-refractivity contribution in [3.8, 4) is 10.7 Å². The standard InChI is InChI=1S/C20H21ClN4O3S2/c1-3-25(4-2)30(27,28)18-11-14(8-9-16(18)21)23-19(26)12-15-13-29-20(24-15)17-7-5-6-10-22-17/h5-11,13H,3-4,12H2,1-2H3,(H,23,26). The predicted molar refractivity (Wildman–Crippen MR) is 119 cm³/mol. The minimum Gasteiger partial charge on any atom is -0.326 e. The summed E-state index contributed by atoms with van der Waals surface area (Å²) >= 11 is 7.54. The number of benzene rings is 1. The summed E-state index contributed by atoms with van der Waals surface area (Å²) in [7, 11) is -3.74. The first-order chi connectivity index (χ1) is 14.3. The topological polar surface area (TPSA) is 92.3 Å². The quantitative estimate of drug-likeness (QED) is 0.542. The van der Waals surface area contributed by atoms with Gasteiger partial charge in [0.1, 0.15) is 9.90 Å². The summed E-state index contributed by atoms with van der Waals surface area (Å²) in [6.45, 7) is 4.17. The average Bonchev–Trinajstić information content (AvgIpc) is 3.19. The van der Waals surface area contributed by atoms with Gasteiger partial charge in [0.05, 0.1) is 22.8 Å². The summed E-state index contributed by atoms with van der Waals surface area (Å²) in [6.07, 6.45) is 1.75. The molecule has 0 radical (unpaired) electrons. The number of sulfonamides is 1. The van der Waals surface area contributed by atoms with Crippen molar-refractivity contribution in [2.45, 2.75) is 25.2 Å². The second kappa shape index (κ2) is 9.65. The first-order valence-electron chi connectivity index (χ1n) is 9.30. The predicted octanol–water partition coefficient (Wildman–Crippen LogP) is 4.07. The van der Waals surface area contributed by atoms with Crippen molar-refractivity contribution in [3.05, 3.63) is 58.7 Å². The minimum absolute atomic E-state index is 0.0308. The van der Waals surface area contributed by atoms with Gasteiger partial charge >= 0.3 is 0 Å². The number of pyridine rings is 1. The highest BCUT2D eigenvalue weighted by Gasteiger charge is 2.25. The molecule has 0 aliphatic rings. The van der Waals surface area contributed by atoms with E-state index < -0.39 is 10.0 Å². The zero-order valence-corrected chi connectivity index (χ0v) is 18.9. The lowest BCUT2D eigenvalue weighted by Gasteiger charge is -2.19. The molecule has 2 heterocycles. The van der Waals surface area contributed by atoms with Crippen molar-refractivity contribution >= 4 is 44.6 Å². The number of nitrogens with zero attached hydrogens (tertiary/aromatic N) is 3. The van der Waals surface area contributed by atoms with E-state index in [9.17, 15) is 13.2 Å². The van der Waals surface area contributed by atoms with Gasteiger partial charge in [0, 0.05) is 30.4 Å². The molecule has 3 aromatic rings. The fourth-order valence-electron chi connectivity index (χ4n) is 2.85. The van der Waals surface area contributed by atoms with E-state index in [0.717, 1.165) is 10.7 Å². The van der Waals surface area contributed by atoms with Crippen LogP contribution in [0.2, 0.25) is 5.02 Å². The molecule has 158 valence electrons. The van der Waals surface area contributed by atoms with E-state index in [1.807, 2.05) is 23.6 Å². The molecule has 0 fully saturated rings. The molecule has 2 aromatic heterocycles. The number of hydrogen-bond donors (Lipinski definition) is 1. The highest BCUT2D eigenvalue weighted by atomic mass is 35.5. The third-order valence-corrected chi connectivity index (χ3v) is 7.76. The Morgan fingerprint density at radius 2 is 1.97 bits per heavy atom. The summed E-state index contributed by atoms with van der Waals surface area (Å²) in [5, 5.41) is 5.37. The van der Waals surface area contributed by atoms with Crippen molar-refractivity contribution in [1.82, 2.24) is 14.3 Å². The maximum absolute atomic E-state index is 12.8. The Balaban J connectivity index is 1.74. The number of aromatic nitrogens is 2. The molecule has 3 rings (SSSR count). The third-order valence-electron chi connectivity index (χ3n) is 4.32. The first kappa shape index (κ1) is 22.4. The molecule has 30 heavy (non-hydrogen) atoms. The maximum atomic E-state index is 12.8. The van der Waals surface area contributed by atoms with Crippen LogP contribution >= 0.6 is 22.9 Å². The van der Waals surface area contributed by atoms with Crippen LogP contribution in [0.4, 0.5) is 5.69 Å². The van der Waals surface area contributed by atoms with Crippen molar-refractivity contribution in [3.63, 3.8) is 0 Å². The first-order valence-corrected chi connectivity index (χ1v) is 12.0. The van der Waals surface area contributed by atoms with Gasteiger partial charge in [0.25, 0.3) is 0 Å². The van der Waals surface area contributed by atoms with Gasteiger partial charge in [0.15, 0.2) is 0 Å². The summed E-state index contributed by atoms with van der Waals surface area (Å²) in [6, 6.07) is 9.98. The van der Waals surface area contributed by atoms with Crippen LogP contribution < -0.4 is 5.32 Å². The lowest BCUT2D eigenvalue weighted by atomic mass is 10.3. The molecule has 0 spiro atoms. The monoisotopic (exact) mass is 464 g/mol. The molecule has 0 bridgehead atoms. The number of amides is 1. The van der Waals surface area contributed by atoms with Crippen molar-refractivity contribution in [2.75, 3.05) is 18.4 Å². The van der Waals surface area contributed by atoms with Gasteiger partial charge < -0.3 is 5.32 Å². The maximum Gasteiger partial charge on any atom is 0.244 e. The number of carbonyl (C=O) groups excluding carboxylic acids is 1. The van der Waals surface area contributed by atoms with Crippen LogP contribution in [-0.4, -0.2) is 41.7 Å². The number of carbonyl (C=O) groups is 1. The highest BCUT2D eigenvalue weighted by Crippen LogP contribution is 2.28. The van der Waals surface area contributed by atoms with Gasteiger partial charge in [-0.15, -0.1) is 11.3 Å². The molecule has 0 saturated heterocycles. The molecule has 1 aromatic carbocycles. The molecule has 0 saturated carbocycles. The zero-order valence-electron chi connectivity index (χ0n) is 16.5. The SMILES string of the molecule is CCN(CC)S(=O)(=O)c1cc(NC(=O)Cc2csc(-c3ccccn3)n2)ccc1Cl. The summed E-state index contributed by atoms with van der Waals surface area (Å²) in [4.78, 5) is 21.1. The highest BCUT2D eigenvalue weighted by molar-refractivity contribution is 7.89. The van der Waals surface area contributed by atoms with E-state index in [0.29, 0.717) is 24.5 Å². The lowest BCUT2D eigenvalue weighted by molar-refractivity contribution is -0.115. The Labute approximate surface area is 184 Å². The van der Waals surface area contributed by atoms with Crippen molar-refractivity contribution in [2.24, 2.45) is 0 Å². The largest absolute Gasteiger partial charge is 0.326 e. The summed E-state index contributed by atoms with van der Waals surface area (Å²) in [5.41, 5.74) is 1.72. The molecule has 7 nitrogen and oxygen atoms in total. The van der Waals surface area contributed by atoms with Crippen molar-refractivity contribution < 1.29 is 13.2 Å². The third kappa shape index (κ3) is 5.04. The van der Waals surface area contributed by atoms with Gasteiger partial charge in [0.2, 0.25) is 15.9 Å². The van der Waals surface area contributed by atoms with Gasteiger partial charge in [-0.3, -0.25) is 9.78 Å². The van der Waals surface area contributed by atoms with E-state index >= 15 is 0 Å². The van der Waals surface area contributed by atoms with Gasteiger partial charge in [-0.1, -0.05) is 31.5 Å². The molecule has 0 unspecified atom stereocenters. The number of hydrogen-bond acceptors (Lipinski definition) is 6. The molecular formula is C20H21ClN4O3S2. The van der Waals surface area contributed by atoms with E-state index in [-0.39, 0.29) is 22.2 Å². The Morgan fingerprint density at radius 1 is 1.20 bits per heavy atom. The van der Waals surface area contributed by atoms with Gasteiger partial charge in [-0.2, -0.15) is 4.31 Å². The Morgan fingerprint density at radius 3 is 2.63 bits per heavy atom. The Kier molecular flexibility index (Phi) is 7.19. The Hall–Kier alpha value is -2.33. The molecule has 0 aliphatic heterocycles. The minimum atomic E-state index is -3.74. The van der Waals surface area contributed by atoms with Gasteiger partial charge in [-0.25, -0.2) is 13.4 Å². The number of thiazole rings is 1. The van der Waals surface area contributed by atoms with E-state index in [1.165, 1.54) is 27.8 Å². The van der Waals surface area contributed by atoms with Crippen LogP contribution in [-0.2, 0) is 21.2 Å². The molecule has 1 N–H and O–H groups in total. The van der Waals surface area contributed by atoms with Crippen LogP contribution in [0.25, 0.3) is 10.7 Å². The van der Waals surface area contributed by atoms with E-state index in [2.05, 4.69) is 15.3 Å². The molecule has 0 atom stereocenters. The van der Waals surface area contributed by atoms with Crippen LogP contribution in [0.1, 0.15) is 19.5 Å². The van der Waals surface area contributed by atoms with Crippen LogP contribution in [0.15, 0.2) is 52.9 Å². The number of halogens is 1. The van der Waals surface area contributed by atoms with Crippen LogP contribution in [0.3, 0.4) is 0 Å². The zero-order chi connectivity index (χ0) is 21.7. The fourth-order valence-corrected chi connectivity index (χ4v) is 5.60. The van der Waals surface area contributed by atoms with Crippen molar-refractivity contribution in [1.29, 1.82) is 0 Å². The van der Waals surface area contributed by atoms with E-state index in [1.54, 1.807) is 26.1 Å². The lowest BCUT2D eigenvalue weighted by Crippen LogP contribution is -2.31. The van der Waals surface area contributed by atoms with Crippen LogP contribution in [0, 0.1) is 0 Å². The normalized spacial score (nSPS) is 11.6. The van der Waals surface area contributed by atoms with Crippen LogP contribution in [0.5, 0.6) is 0 Å². The molecule has 10 heteroatoms. The molecular weight excluding hydrogens is 444 g/mol. The number of anilines is 1. The Bertz CT molecular complexity index is 1130. The fraction of sp³-hybridized carbons (Fsp3) is 0.250. The molecule has 1 amide bonds.